The summed E-state index contributed by atoms with van der Waals surface area (Å²) in [5.41, 5.74) is 2.35. The van der Waals surface area contributed by atoms with E-state index in [1.165, 1.54) is 0 Å². The van der Waals surface area contributed by atoms with Crippen LogP contribution in [-0.2, 0) is 15.1 Å². The molecule has 2 fully saturated rings. The molecule has 1 spiro atoms. The monoisotopic (exact) mass is 292 g/mol. The van der Waals surface area contributed by atoms with Gasteiger partial charge in [-0.3, -0.25) is 0 Å². The van der Waals surface area contributed by atoms with Crippen molar-refractivity contribution in [1.29, 1.82) is 0 Å². The first kappa shape index (κ1) is 14.8. The highest BCUT2D eigenvalue weighted by molar-refractivity contribution is 5.44. The van der Waals surface area contributed by atoms with Crippen LogP contribution < -0.4 is 4.74 Å². The molecular weight excluding hydrogens is 268 g/mol. The van der Waals surface area contributed by atoms with Crippen LogP contribution in [0.25, 0.3) is 0 Å². The van der Waals surface area contributed by atoms with Gasteiger partial charge in [-0.05, 0) is 55.5 Å². The molecule has 0 atom stereocenters. The zero-order chi connectivity index (χ0) is 15.1. The van der Waals surface area contributed by atoms with Gasteiger partial charge in [0.05, 0.1) is 25.9 Å². The van der Waals surface area contributed by atoms with E-state index in [2.05, 4.69) is 6.07 Å². The first-order valence-corrected chi connectivity index (χ1v) is 7.64. The van der Waals surface area contributed by atoms with Gasteiger partial charge in [-0.25, -0.2) is 0 Å². The van der Waals surface area contributed by atoms with Crippen LogP contribution in [0.15, 0.2) is 12.1 Å². The Hall–Kier alpha value is -1.10. The second-order valence-electron chi connectivity index (χ2n) is 6.28. The summed E-state index contributed by atoms with van der Waals surface area (Å²) in [5.74, 6) is 0.427. The second-order valence-corrected chi connectivity index (χ2v) is 6.28. The molecule has 0 unspecified atom stereocenters. The van der Waals surface area contributed by atoms with E-state index in [1.54, 1.807) is 7.11 Å². The number of ether oxygens (including phenoxy) is 3. The number of benzene rings is 1. The summed E-state index contributed by atoms with van der Waals surface area (Å²) in [6.07, 6.45) is 2.82. The zero-order valence-corrected chi connectivity index (χ0v) is 13.1. The van der Waals surface area contributed by atoms with Crippen molar-refractivity contribution >= 4 is 0 Å². The molecule has 0 aromatic heterocycles. The summed E-state index contributed by atoms with van der Waals surface area (Å²) in [5, 5.41) is 11.1. The van der Waals surface area contributed by atoms with Crippen LogP contribution in [0.1, 0.15) is 42.4 Å². The van der Waals surface area contributed by atoms with Crippen molar-refractivity contribution < 1.29 is 19.3 Å². The third-order valence-corrected chi connectivity index (χ3v) is 4.90. The van der Waals surface area contributed by atoms with E-state index in [1.807, 2.05) is 19.9 Å². The molecule has 2 aliphatic rings. The van der Waals surface area contributed by atoms with Crippen LogP contribution >= 0.6 is 0 Å². The number of rotatable bonds is 2. The van der Waals surface area contributed by atoms with Crippen molar-refractivity contribution in [3.8, 4) is 5.75 Å². The minimum Gasteiger partial charge on any atom is -0.496 e. The van der Waals surface area contributed by atoms with Crippen LogP contribution in [0, 0.1) is 13.8 Å². The van der Waals surface area contributed by atoms with Crippen LogP contribution in [0.4, 0.5) is 0 Å². The fourth-order valence-corrected chi connectivity index (χ4v) is 3.61. The zero-order valence-electron chi connectivity index (χ0n) is 13.1. The highest BCUT2D eigenvalue weighted by Crippen LogP contribution is 2.46. The lowest BCUT2D eigenvalue weighted by Gasteiger charge is -2.41. The van der Waals surface area contributed by atoms with Gasteiger partial charge in [0.2, 0.25) is 0 Å². The van der Waals surface area contributed by atoms with Gasteiger partial charge in [0.15, 0.2) is 5.79 Å². The van der Waals surface area contributed by atoms with Crippen LogP contribution in [0.2, 0.25) is 0 Å². The third kappa shape index (κ3) is 2.56. The smallest absolute Gasteiger partial charge is 0.168 e. The van der Waals surface area contributed by atoms with E-state index in [0.29, 0.717) is 26.1 Å². The molecule has 1 saturated heterocycles. The Balaban J connectivity index is 1.85. The predicted octanol–water partition coefficient (Wildman–Crippen LogP) is 2.82. The average molecular weight is 292 g/mol. The van der Waals surface area contributed by atoms with Gasteiger partial charge in [0.25, 0.3) is 0 Å². The first-order chi connectivity index (χ1) is 9.98. The van der Waals surface area contributed by atoms with Crippen molar-refractivity contribution in [3.05, 3.63) is 28.8 Å². The quantitative estimate of drug-likeness (QED) is 0.910. The van der Waals surface area contributed by atoms with Gasteiger partial charge < -0.3 is 19.3 Å². The molecule has 1 aliphatic carbocycles. The molecule has 0 radical (unpaired) electrons. The molecule has 1 aromatic carbocycles. The highest BCUT2D eigenvalue weighted by Gasteiger charge is 2.46. The van der Waals surface area contributed by atoms with E-state index < -0.39 is 11.4 Å². The van der Waals surface area contributed by atoms with E-state index in [4.69, 9.17) is 14.2 Å². The fraction of sp³-hybridized carbons (Fsp3) is 0.647. The average Bonchev–Trinajstić information content (AvgIpc) is 2.93. The molecule has 0 amide bonds. The lowest BCUT2D eigenvalue weighted by molar-refractivity contribution is -0.204. The minimum atomic E-state index is -0.790. The minimum absolute atomic E-state index is 0.443. The molecule has 4 nitrogen and oxygen atoms in total. The maximum absolute atomic E-state index is 11.1. The Bertz CT molecular complexity index is 522. The summed E-state index contributed by atoms with van der Waals surface area (Å²) in [4.78, 5) is 0. The molecule has 1 N–H and O–H groups in total. The third-order valence-electron chi connectivity index (χ3n) is 4.90. The number of hydrogen-bond acceptors (Lipinski definition) is 4. The number of aryl methyl sites for hydroxylation is 2. The number of aliphatic hydroxyl groups is 1. The first-order valence-electron chi connectivity index (χ1n) is 7.64. The molecular formula is C17H24O4. The molecule has 1 aliphatic heterocycles. The van der Waals surface area contributed by atoms with E-state index in [9.17, 15) is 5.11 Å². The Labute approximate surface area is 126 Å². The molecule has 1 saturated carbocycles. The van der Waals surface area contributed by atoms with Crippen molar-refractivity contribution in [2.24, 2.45) is 0 Å². The molecule has 1 heterocycles. The Morgan fingerprint density at radius 3 is 2.19 bits per heavy atom. The van der Waals surface area contributed by atoms with E-state index in [-0.39, 0.29) is 0 Å². The van der Waals surface area contributed by atoms with Gasteiger partial charge in [-0.1, -0.05) is 0 Å². The number of hydrogen-bond donors (Lipinski definition) is 1. The maximum atomic E-state index is 11.1. The highest BCUT2D eigenvalue weighted by atomic mass is 16.7. The molecule has 116 valence electrons. The van der Waals surface area contributed by atoms with Gasteiger partial charge in [-0.2, -0.15) is 0 Å². The fourth-order valence-electron chi connectivity index (χ4n) is 3.61. The molecule has 4 heteroatoms. The lowest BCUT2D eigenvalue weighted by Crippen LogP contribution is -2.42. The molecule has 1 aromatic rings. The van der Waals surface area contributed by atoms with Gasteiger partial charge >= 0.3 is 0 Å². The Kier molecular flexibility index (Phi) is 3.72. The van der Waals surface area contributed by atoms with Crippen LogP contribution in [0.3, 0.4) is 0 Å². The maximum Gasteiger partial charge on any atom is 0.168 e. The van der Waals surface area contributed by atoms with E-state index in [0.717, 1.165) is 35.3 Å². The lowest BCUT2D eigenvalue weighted by atomic mass is 9.75. The summed E-state index contributed by atoms with van der Waals surface area (Å²) in [6.45, 7) is 5.37. The second kappa shape index (κ2) is 5.27. The van der Waals surface area contributed by atoms with Crippen molar-refractivity contribution in [3.63, 3.8) is 0 Å². The normalized spacial score (nSPS) is 23.4. The summed E-state index contributed by atoms with van der Waals surface area (Å²) in [7, 11) is 1.68. The standard InChI is InChI=1S/C17H24O4/c1-12-11-15(19-3)13(2)10-14(12)16(18)4-6-17(7-5-16)20-8-9-21-17/h10-11,18H,4-9H2,1-3H3. The predicted molar refractivity (Wildman–Crippen MR) is 79.5 cm³/mol. The van der Waals surface area contributed by atoms with Crippen molar-refractivity contribution in [2.45, 2.75) is 50.9 Å². The summed E-state index contributed by atoms with van der Waals surface area (Å²) in [6, 6.07) is 4.07. The summed E-state index contributed by atoms with van der Waals surface area (Å²) >= 11 is 0. The van der Waals surface area contributed by atoms with Gasteiger partial charge in [0, 0.05) is 12.8 Å². The topological polar surface area (TPSA) is 47.9 Å². The van der Waals surface area contributed by atoms with Crippen molar-refractivity contribution in [2.75, 3.05) is 20.3 Å². The van der Waals surface area contributed by atoms with Crippen LogP contribution in [-0.4, -0.2) is 31.2 Å². The van der Waals surface area contributed by atoms with Crippen LogP contribution in [0.5, 0.6) is 5.75 Å². The SMILES string of the molecule is COc1cc(C)c(C2(O)CCC3(CC2)OCCO3)cc1C. The number of methoxy groups -OCH3 is 1. The molecule has 21 heavy (non-hydrogen) atoms. The molecule has 0 bridgehead atoms. The molecule has 3 rings (SSSR count). The van der Waals surface area contributed by atoms with E-state index >= 15 is 0 Å². The van der Waals surface area contributed by atoms with Gasteiger partial charge in [0.1, 0.15) is 5.75 Å². The summed E-state index contributed by atoms with van der Waals surface area (Å²) < 4.78 is 16.9. The van der Waals surface area contributed by atoms with Crippen molar-refractivity contribution in [1.82, 2.24) is 0 Å². The Morgan fingerprint density at radius 2 is 1.62 bits per heavy atom. The largest absolute Gasteiger partial charge is 0.496 e. The van der Waals surface area contributed by atoms with Gasteiger partial charge in [-0.15, -0.1) is 0 Å². The Morgan fingerprint density at radius 1 is 1.00 bits per heavy atom.